The second-order valence-corrected chi connectivity index (χ2v) is 6.35. The third kappa shape index (κ3) is 3.21. The van der Waals surface area contributed by atoms with E-state index in [9.17, 15) is 4.39 Å². The summed E-state index contributed by atoms with van der Waals surface area (Å²) in [6, 6.07) is 5.92. The monoisotopic (exact) mass is 276 g/mol. The molecule has 0 aromatic heterocycles. The third-order valence-corrected chi connectivity index (χ3v) is 4.85. The van der Waals surface area contributed by atoms with E-state index in [4.69, 9.17) is 0 Å². The van der Waals surface area contributed by atoms with Gasteiger partial charge in [-0.2, -0.15) is 0 Å². The molecule has 1 atom stereocenters. The van der Waals surface area contributed by atoms with Gasteiger partial charge < -0.3 is 0 Å². The molecule has 2 nitrogen and oxygen atoms in total. The molecule has 3 heteroatoms. The molecule has 0 amide bonds. The van der Waals surface area contributed by atoms with E-state index in [1.807, 2.05) is 13.0 Å². The Kier molecular flexibility index (Phi) is 4.37. The van der Waals surface area contributed by atoms with Crippen LogP contribution < -0.4 is 0 Å². The molecule has 0 bridgehead atoms. The minimum absolute atomic E-state index is 0.126. The Morgan fingerprint density at radius 2 is 1.95 bits per heavy atom. The van der Waals surface area contributed by atoms with Crippen molar-refractivity contribution in [1.29, 1.82) is 0 Å². The molecule has 0 saturated carbocycles. The summed E-state index contributed by atoms with van der Waals surface area (Å²) in [6.45, 7) is 7.91. The van der Waals surface area contributed by atoms with Gasteiger partial charge >= 0.3 is 0 Å². The fourth-order valence-electron chi connectivity index (χ4n) is 3.61. The highest BCUT2D eigenvalue weighted by molar-refractivity contribution is 5.26. The van der Waals surface area contributed by atoms with Gasteiger partial charge in [0, 0.05) is 25.7 Å². The minimum atomic E-state index is -0.126. The van der Waals surface area contributed by atoms with Gasteiger partial charge in [0.1, 0.15) is 5.82 Å². The molecule has 2 aliphatic heterocycles. The summed E-state index contributed by atoms with van der Waals surface area (Å²) in [5, 5.41) is 0. The molecule has 1 unspecified atom stereocenters. The molecule has 0 spiro atoms. The first-order valence-electron chi connectivity index (χ1n) is 7.94. The number of likely N-dealkylation sites (tertiary alicyclic amines) is 2. The van der Waals surface area contributed by atoms with Gasteiger partial charge in [0.05, 0.1) is 0 Å². The Morgan fingerprint density at radius 3 is 2.70 bits per heavy atom. The zero-order valence-electron chi connectivity index (χ0n) is 12.4. The van der Waals surface area contributed by atoms with Crippen LogP contribution in [0.5, 0.6) is 0 Å². The number of piperidine rings is 1. The summed E-state index contributed by atoms with van der Waals surface area (Å²) >= 11 is 0. The lowest BCUT2D eigenvalue weighted by Gasteiger charge is -2.32. The topological polar surface area (TPSA) is 6.48 Å². The SMILES string of the molecule is Cc1cc(F)ccc1CN1CCC(N2CCCCC2)C1. The molecule has 110 valence electrons. The van der Waals surface area contributed by atoms with E-state index in [0.717, 1.165) is 18.2 Å². The highest BCUT2D eigenvalue weighted by Crippen LogP contribution is 2.22. The van der Waals surface area contributed by atoms with Gasteiger partial charge in [-0.1, -0.05) is 12.5 Å². The first-order valence-corrected chi connectivity index (χ1v) is 7.94. The van der Waals surface area contributed by atoms with Gasteiger partial charge in [-0.05, 0) is 62.5 Å². The maximum atomic E-state index is 13.1. The Hall–Kier alpha value is -0.930. The van der Waals surface area contributed by atoms with Crippen LogP contribution in [0.1, 0.15) is 36.8 Å². The van der Waals surface area contributed by atoms with Crippen molar-refractivity contribution in [2.24, 2.45) is 0 Å². The molecule has 20 heavy (non-hydrogen) atoms. The van der Waals surface area contributed by atoms with E-state index in [1.54, 1.807) is 12.1 Å². The number of hydrogen-bond donors (Lipinski definition) is 0. The van der Waals surface area contributed by atoms with Crippen LogP contribution in [0.25, 0.3) is 0 Å². The highest BCUT2D eigenvalue weighted by atomic mass is 19.1. The van der Waals surface area contributed by atoms with Crippen molar-refractivity contribution >= 4 is 0 Å². The molecule has 0 radical (unpaired) electrons. The van der Waals surface area contributed by atoms with Crippen LogP contribution in [0.4, 0.5) is 4.39 Å². The summed E-state index contributed by atoms with van der Waals surface area (Å²) < 4.78 is 13.1. The van der Waals surface area contributed by atoms with Gasteiger partial charge in [-0.25, -0.2) is 4.39 Å². The van der Waals surface area contributed by atoms with E-state index >= 15 is 0 Å². The maximum Gasteiger partial charge on any atom is 0.123 e. The molecule has 2 aliphatic rings. The van der Waals surface area contributed by atoms with Crippen molar-refractivity contribution in [3.8, 4) is 0 Å². The van der Waals surface area contributed by atoms with Crippen molar-refractivity contribution in [3.63, 3.8) is 0 Å². The van der Waals surface area contributed by atoms with E-state index < -0.39 is 0 Å². The molecular formula is C17H25FN2. The average Bonchev–Trinajstić information content (AvgIpc) is 2.92. The zero-order valence-corrected chi connectivity index (χ0v) is 12.4. The van der Waals surface area contributed by atoms with Crippen LogP contribution in [0.15, 0.2) is 18.2 Å². The first-order chi connectivity index (χ1) is 9.72. The molecule has 2 saturated heterocycles. The zero-order chi connectivity index (χ0) is 13.9. The predicted octanol–water partition coefficient (Wildman–Crippen LogP) is 3.19. The lowest BCUT2D eigenvalue weighted by atomic mass is 10.1. The Bertz CT molecular complexity index is 454. The summed E-state index contributed by atoms with van der Waals surface area (Å²) in [5.74, 6) is -0.126. The Labute approximate surface area is 121 Å². The van der Waals surface area contributed by atoms with E-state index in [2.05, 4.69) is 9.80 Å². The van der Waals surface area contributed by atoms with Crippen molar-refractivity contribution in [2.75, 3.05) is 26.2 Å². The Balaban J connectivity index is 1.57. The number of rotatable bonds is 3. The minimum Gasteiger partial charge on any atom is -0.299 e. The molecule has 1 aromatic rings. The second kappa shape index (κ2) is 6.23. The Morgan fingerprint density at radius 1 is 1.15 bits per heavy atom. The van der Waals surface area contributed by atoms with Gasteiger partial charge in [0.2, 0.25) is 0 Å². The van der Waals surface area contributed by atoms with Crippen molar-refractivity contribution in [3.05, 3.63) is 35.1 Å². The summed E-state index contributed by atoms with van der Waals surface area (Å²) in [4.78, 5) is 5.21. The van der Waals surface area contributed by atoms with Crippen LogP contribution in [-0.4, -0.2) is 42.0 Å². The van der Waals surface area contributed by atoms with Crippen LogP contribution in [0.2, 0.25) is 0 Å². The van der Waals surface area contributed by atoms with Gasteiger partial charge in [-0.15, -0.1) is 0 Å². The molecular weight excluding hydrogens is 251 g/mol. The smallest absolute Gasteiger partial charge is 0.123 e. The molecule has 3 rings (SSSR count). The van der Waals surface area contributed by atoms with E-state index in [0.29, 0.717) is 0 Å². The van der Waals surface area contributed by atoms with Crippen LogP contribution in [0.3, 0.4) is 0 Å². The normalized spacial score (nSPS) is 25.2. The summed E-state index contributed by atoms with van der Waals surface area (Å²) in [5.41, 5.74) is 2.34. The summed E-state index contributed by atoms with van der Waals surface area (Å²) in [6.07, 6.45) is 5.43. The molecule has 0 N–H and O–H groups in total. The molecule has 2 fully saturated rings. The second-order valence-electron chi connectivity index (χ2n) is 6.35. The average molecular weight is 276 g/mol. The fourth-order valence-corrected chi connectivity index (χ4v) is 3.61. The third-order valence-electron chi connectivity index (χ3n) is 4.85. The maximum absolute atomic E-state index is 13.1. The summed E-state index contributed by atoms with van der Waals surface area (Å²) in [7, 11) is 0. The van der Waals surface area contributed by atoms with E-state index in [1.165, 1.54) is 57.4 Å². The highest BCUT2D eigenvalue weighted by Gasteiger charge is 2.28. The first kappa shape index (κ1) is 14.0. The van der Waals surface area contributed by atoms with Crippen molar-refractivity contribution in [2.45, 2.75) is 45.2 Å². The number of aryl methyl sites for hydroxylation is 1. The molecule has 1 aromatic carbocycles. The number of nitrogens with zero attached hydrogens (tertiary/aromatic N) is 2. The largest absolute Gasteiger partial charge is 0.299 e. The van der Waals surface area contributed by atoms with E-state index in [-0.39, 0.29) is 5.82 Å². The lowest BCUT2D eigenvalue weighted by Crippen LogP contribution is -2.40. The quantitative estimate of drug-likeness (QED) is 0.836. The lowest BCUT2D eigenvalue weighted by molar-refractivity contribution is 0.161. The predicted molar refractivity (Wildman–Crippen MR) is 80.2 cm³/mol. The molecule has 0 aliphatic carbocycles. The fraction of sp³-hybridized carbons (Fsp3) is 0.647. The van der Waals surface area contributed by atoms with Gasteiger partial charge in [0.25, 0.3) is 0 Å². The van der Waals surface area contributed by atoms with Crippen molar-refractivity contribution in [1.82, 2.24) is 9.80 Å². The standard InChI is InChI=1S/C17H25FN2/c1-14-11-16(18)6-5-15(14)12-19-10-7-17(13-19)20-8-3-2-4-9-20/h5-6,11,17H,2-4,7-10,12-13H2,1H3. The van der Waals surface area contributed by atoms with Crippen molar-refractivity contribution < 1.29 is 4.39 Å². The van der Waals surface area contributed by atoms with Gasteiger partial charge in [-0.3, -0.25) is 9.80 Å². The number of halogens is 1. The molecule has 2 heterocycles. The number of hydrogen-bond acceptors (Lipinski definition) is 2. The van der Waals surface area contributed by atoms with Gasteiger partial charge in [0.15, 0.2) is 0 Å². The number of benzene rings is 1. The van der Waals surface area contributed by atoms with Crippen LogP contribution in [-0.2, 0) is 6.54 Å². The van der Waals surface area contributed by atoms with Crippen LogP contribution >= 0.6 is 0 Å². The van der Waals surface area contributed by atoms with Crippen LogP contribution in [0, 0.1) is 12.7 Å².